The zero-order chi connectivity index (χ0) is 13.2. The van der Waals surface area contributed by atoms with Crippen molar-refractivity contribution in [1.82, 2.24) is 0 Å². The van der Waals surface area contributed by atoms with Gasteiger partial charge in [-0.05, 0) is 33.6 Å². The molecule has 0 N–H and O–H groups in total. The van der Waals surface area contributed by atoms with Crippen LogP contribution in [0.4, 0.5) is 0 Å². The minimum absolute atomic E-state index is 0.217. The summed E-state index contributed by atoms with van der Waals surface area (Å²) in [5.74, 6) is 0.553. The second-order valence-electron chi connectivity index (χ2n) is 4.38. The number of carbonyl (C=O) groups is 1. The lowest BCUT2D eigenvalue weighted by atomic mass is 9.76. The van der Waals surface area contributed by atoms with Gasteiger partial charge in [0.05, 0.1) is 43.7 Å². The predicted octanol–water partition coefficient (Wildman–Crippen LogP) is 2.29. The molecule has 0 atom stereocenters. The van der Waals surface area contributed by atoms with Gasteiger partial charge in [0.2, 0.25) is 0 Å². The zero-order valence-corrected chi connectivity index (χ0v) is 12.0. The molecule has 0 aromatic heterocycles. The molecule has 1 heterocycles. The van der Waals surface area contributed by atoms with E-state index >= 15 is 0 Å². The van der Waals surface area contributed by atoms with Gasteiger partial charge in [0.1, 0.15) is 5.75 Å². The van der Waals surface area contributed by atoms with Crippen LogP contribution in [0, 0.1) is 0 Å². The molecule has 18 heavy (non-hydrogen) atoms. The average molecular weight is 315 g/mol. The molecule has 1 aliphatic rings. The van der Waals surface area contributed by atoms with Crippen LogP contribution in [0.1, 0.15) is 12.0 Å². The number of benzene rings is 1. The Balaban J connectivity index is 2.27. The fourth-order valence-corrected chi connectivity index (χ4v) is 2.60. The normalized spacial score (nSPS) is 16.8. The van der Waals surface area contributed by atoms with E-state index < -0.39 is 0 Å². The molecule has 2 rings (SSSR count). The number of ether oxygens (including phenoxy) is 3. The number of halogens is 1. The van der Waals surface area contributed by atoms with Crippen LogP contribution in [0.25, 0.3) is 0 Å². The molecule has 1 aromatic carbocycles. The first kappa shape index (κ1) is 13.4. The van der Waals surface area contributed by atoms with Crippen molar-refractivity contribution in [2.45, 2.75) is 11.8 Å². The van der Waals surface area contributed by atoms with Crippen LogP contribution in [0.2, 0.25) is 0 Å². The fourth-order valence-electron chi connectivity index (χ4n) is 2.06. The van der Waals surface area contributed by atoms with Crippen molar-refractivity contribution in [2.75, 3.05) is 27.4 Å². The van der Waals surface area contributed by atoms with Crippen molar-refractivity contribution in [3.05, 3.63) is 28.2 Å². The number of hydrogen-bond acceptors (Lipinski definition) is 4. The Morgan fingerprint density at radius 2 is 2.17 bits per heavy atom. The van der Waals surface area contributed by atoms with E-state index in [4.69, 9.17) is 14.2 Å². The van der Waals surface area contributed by atoms with Gasteiger partial charge in [0.25, 0.3) is 0 Å². The molecule has 0 aliphatic carbocycles. The maximum atomic E-state index is 11.5. The fraction of sp³-hybridized carbons (Fsp3) is 0.462. The summed E-state index contributed by atoms with van der Waals surface area (Å²) < 4.78 is 16.1. The second-order valence-corrected chi connectivity index (χ2v) is 5.23. The summed E-state index contributed by atoms with van der Waals surface area (Å²) >= 11 is 3.45. The van der Waals surface area contributed by atoms with Crippen molar-refractivity contribution >= 4 is 21.9 Å². The smallest absolute Gasteiger partial charge is 0.306 e. The molecule has 0 bridgehead atoms. The quantitative estimate of drug-likeness (QED) is 0.800. The van der Waals surface area contributed by atoms with Crippen LogP contribution in [0.5, 0.6) is 5.75 Å². The first-order valence-corrected chi connectivity index (χ1v) is 6.39. The molecule has 0 radical (unpaired) electrons. The lowest BCUT2D eigenvalue weighted by Gasteiger charge is -2.41. The highest BCUT2D eigenvalue weighted by Crippen LogP contribution is 2.39. The van der Waals surface area contributed by atoms with Gasteiger partial charge in [-0.1, -0.05) is 6.07 Å². The van der Waals surface area contributed by atoms with Crippen LogP contribution in [0.15, 0.2) is 22.7 Å². The third kappa shape index (κ3) is 2.37. The van der Waals surface area contributed by atoms with Gasteiger partial charge in [0, 0.05) is 0 Å². The Morgan fingerprint density at radius 1 is 1.44 bits per heavy atom. The Hall–Kier alpha value is -1.07. The first-order chi connectivity index (χ1) is 8.61. The SMILES string of the molecule is COC(=O)CC1(c2ccc(OC)c(Br)c2)COC1. The molecule has 0 spiro atoms. The summed E-state index contributed by atoms with van der Waals surface area (Å²) in [7, 11) is 3.02. The van der Waals surface area contributed by atoms with Crippen molar-refractivity contribution in [1.29, 1.82) is 0 Å². The maximum absolute atomic E-state index is 11.5. The molecule has 0 unspecified atom stereocenters. The molecule has 1 aliphatic heterocycles. The van der Waals surface area contributed by atoms with Gasteiger partial charge in [-0.25, -0.2) is 0 Å². The molecule has 1 saturated heterocycles. The summed E-state index contributed by atoms with van der Waals surface area (Å²) in [6.45, 7) is 1.09. The molecule has 5 heteroatoms. The highest BCUT2D eigenvalue weighted by molar-refractivity contribution is 9.10. The molecular formula is C13H15BrO4. The van der Waals surface area contributed by atoms with E-state index in [9.17, 15) is 4.79 Å². The molecule has 0 amide bonds. The lowest BCUT2D eigenvalue weighted by molar-refractivity contribution is -0.148. The number of methoxy groups -OCH3 is 2. The van der Waals surface area contributed by atoms with Crippen molar-refractivity contribution in [2.24, 2.45) is 0 Å². The van der Waals surface area contributed by atoms with Gasteiger partial charge in [0.15, 0.2) is 0 Å². The van der Waals surface area contributed by atoms with Crippen LogP contribution in [0.3, 0.4) is 0 Å². The van der Waals surface area contributed by atoms with Crippen LogP contribution >= 0.6 is 15.9 Å². The molecule has 1 aromatic rings. The highest BCUT2D eigenvalue weighted by Gasteiger charge is 2.42. The van der Waals surface area contributed by atoms with E-state index in [-0.39, 0.29) is 11.4 Å². The van der Waals surface area contributed by atoms with Gasteiger partial charge in [-0.15, -0.1) is 0 Å². The zero-order valence-electron chi connectivity index (χ0n) is 10.4. The maximum Gasteiger partial charge on any atom is 0.306 e. The average Bonchev–Trinajstić information content (AvgIpc) is 2.33. The van der Waals surface area contributed by atoms with E-state index in [1.165, 1.54) is 7.11 Å². The van der Waals surface area contributed by atoms with Crippen molar-refractivity contribution in [3.63, 3.8) is 0 Å². The number of rotatable bonds is 4. The largest absolute Gasteiger partial charge is 0.496 e. The van der Waals surface area contributed by atoms with E-state index in [2.05, 4.69) is 15.9 Å². The Morgan fingerprint density at radius 3 is 2.61 bits per heavy atom. The monoisotopic (exact) mass is 314 g/mol. The Labute approximate surface area is 114 Å². The van der Waals surface area contributed by atoms with Gasteiger partial charge >= 0.3 is 5.97 Å². The van der Waals surface area contributed by atoms with E-state index in [1.54, 1.807) is 7.11 Å². The van der Waals surface area contributed by atoms with Crippen LogP contribution in [-0.2, 0) is 19.7 Å². The van der Waals surface area contributed by atoms with Gasteiger partial charge < -0.3 is 14.2 Å². The summed E-state index contributed by atoms with van der Waals surface area (Å²) in [6, 6.07) is 5.83. The Bertz CT molecular complexity index is 454. The third-order valence-electron chi connectivity index (χ3n) is 3.23. The van der Waals surface area contributed by atoms with E-state index in [1.807, 2.05) is 18.2 Å². The molecular weight excluding hydrogens is 300 g/mol. The van der Waals surface area contributed by atoms with Crippen molar-refractivity contribution in [3.8, 4) is 5.75 Å². The van der Waals surface area contributed by atoms with Crippen molar-refractivity contribution < 1.29 is 19.0 Å². The molecule has 98 valence electrons. The highest BCUT2D eigenvalue weighted by atomic mass is 79.9. The minimum Gasteiger partial charge on any atom is -0.496 e. The summed E-state index contributed by atoms with van der Waals surface area (Å²) in [5, 5.41) is 0. The predicted molar refractivity (Wildman–Crippen MR) is 69.8 cm³/mol. The standard InChI is InChI=1S/C13H15BrO4/c1-16-11-4-3-9(5-10(11)14)13(7-18-8-13)6-12(15)17-2/h3-5H,6-8H2,1-2H3. The second kappa shape index (κ2) is 5.28. The number of carbonyl (C=O) groups excluding carboxylic acids is 1. The van der Waals surface area contributed by atoms with E-state index in [0.717, 1.165) is 15.8 Å². The first-order valence-electron chi connectivity index (χ1n) is 5.60. The molecule has 1 fully saturated rings. The summed E-state index contributed by atoms with van der Waals surface area (Å²) in [4.78, 5) is 11.5. The molecule has 0 saturated carbocycles. The minimum atomic E-state index is -0.262. The lowest BCUT2D eigenvalue weighted by Crippen LogP contribution is -2.48. The summed E-state index contributed by atoms with van der Waals surface area (Å²) in [5.41, 5.74) is 0.800. The summed E-state index contributed by atoms with van der Waals surface area (Å²) in [6.07, 6.45) is 0.336. The third-order valence-corrected chi connectivity index (χ3v) is 3.85. The van der Waals surface area contributed by atoms with E-state index in [0.29, 0.717) is 19.6 Å². The Kier molecular flexibility index (Phi) is 3.92. The molecule has 4 nitrogen and oxygen atoms in total. The topological polar surface area (TPSA) is 44.8 Å². The number of hydrogen-bond donors (Lipinski definition) is 0. The van der Waals surface area contributed by atoms with Crippen LogP contribution in [-0.4, -0.2) is 33.4 Å². The number of esters is 1. The van der Waals surface area contributed by atoms with Gasteiger partial charge in [-0.2, -0.15) is 0 Å². The van der Waals surface area contributed by atoms with Crippen LogP contribution < -0.4 is 4.74 Å². The van der Waals surface area contributed by atoms with Gasteiger partial charge in [-0.3, -0.25) is 4.79 Å².